The summed E-state index contributed by atoms with van der Waals surface area (Å²) in [6.07, 6.45) is 1.55. The van der Waals surface area contributed by atoms with E-state index in [1.807, 2.05) is 0 Å². The second kappa shape index (κ2) is 29.1. The molecule has 0 fully saturated rings. The maximum absolute atomic E-state index is 13.7. The number of carbonyl (C=O) groups excluding carboxylic acids is 6. The summed E-state index contributed by atoms with van der Waals surface area (Å²) in [4.78, 5) is 106. The highest BCUT2D eigenvalue weighted by Gasteiger charge is 2.33. The summed E-state index contributed by atoms with van der Waals surface area (Å²) in [7, 11) is 0. The molecule has 0 heterocycles. The third kappa shape index (κ3) is 22.6. The van der Waals surface area contributed by atoms with E-state index in [9.17, 15) is 53.7 Å². The minimum absolute atomic E-state index is 0.0360. The average Bonchev–Trinajstić information content (AvgIpc) is 3.14. The number of aliphatic imine (C=N–C) groups is 1. The summed E-state index contributed by atoms with van der Waals surface area (Å²) in [5.41, 5.74) is 27.5. The molecule has 0 aliphatic rings. The maximum Gasteiger partial charge on any atom is 0.326 e. The van der Waals surface area contributed by atoms with Crippen LogP contribution in [0.25, 0.3) is 0 Å². The van der Waals surface area contributed by atoms with Crippen molar-refractivity contribution in [1.82, 2.24) is 31.9 Å². The van der Waals surface area contributed by atoms with Gasteiger partial charge < -0.3 is 75.9 Å². The van der Waals surface area contributed by atoms with Gasteiger partial charge >= 0.3 is 11.9 Å². The Balaban J connectivity index is 6.00. The van der Waals surface area contributed by atoms with Crippen LogP contribution in [0.1, 0.15) is 91.4 Å². The summed E-state index contributed by atoms with van der Waals surface area (Å²) in [6, 6.07) is -9.16. The normalized spacial score (nSPS) is 14.6. The number of carboxylic acids is 2. The summed E-state index contributed by atoms with van der Waals surface area (Å²) >= 11 is 0. The Labute approximate surface area is 338 Å². The molecule has 0 radical (unpaired) electrons. The molecule has 0 saturated heterocycles. The lowest BCUT2D eigenvalue weighted by atomic mass is 10.0. The number of aliphatic carboxylic acids is 2. The number of hydrogen-bond acceptors (Lipinski definition) is 13. The number of aliphatic hydroxyl groups excluding tert-OH is 1. The van der Waals surface area contributed by atoms with Gasteiger partial charge in [-0.1, -0.05) is 20.3 Å². The van der Waals surface area contributed by atoms with Crippen molar-refractivity contribution in [3.8, 4) is 0 Å². The number of nitrogens with one attached hydrogen (secondary N) is 6. The Bertz CT molecular complexity index is 1380. The van der Waals surface area contributed by atoms with Gasteiger partial charge in [-0.15, -0.1) is 0 Å². The number of nitrogens with two attached hydrogens (primary N) is 5. The molecule has 0 bridgehead atoms. The van der Waals surface area contributed by atoms with Crippen molar-refractivity contribution in [2.45, 2.75) is 134 Å². The molecule has 0 saturated carbocycles. The molecule has 0 spiro atoms. The summed E-state index contributed by atoms with van der Waals surface area (Å²) < 4.78 is 0. The van der Waals surface area contributed by atoms with Gasteiger partial charge in [0.05, 0.1) is 12.6 Å². The molecule has 23 nitrogen and oxygen atoms in total. The van der Waals surface area contributed by atoms with Crippen molar-refractivity contribution in [1.29, 1.82) is 0 Å². The summed E-state index contributed by atoms with van der Waals surface area (Å²) in [6.45, 7) is 4.79. The van der Waals surface area contributed by atoms with Crippen LogP contribution >= 0.6 is 0 Å². The first-order chi connectivity index (χ1) is 27.3. The predicted octanol–water partition coefficient (Wildman–Crippen LogP) is -4.46. The fourth-order valence-corrected chi connectivity index (χ4v) is 5.37. The van der Waals surface area contributed by atoms with Crippen LogP contribution in [0.4, 0.5) is 0 Å². The van der Waals surface area contributed by atoms with E-state index in [0.717, 1.165) is 0 Å². The summed E-state index contributed by atoms with van der Waals surface area (Å²) in [5, 5.41) is 43.3. The fourth-order valence-electron chi connectivity index (χ4n) is 5.37. The fraction of sp³-hybridized carbons (Fsp3) is 0.743. The zero-order valence-corrected chi connectivity index (χ0v) is 33.7. The average molecular weight is 831 g/mol. The second-order valence-corrected chi connectivity index (χ2v) is 14.2. The van der Waals surface area contributed by atoms with Crippen molar-refractivity contribution in [3.05, 3.63) is 0 Å². The molecule has 19 N–H and O–H groups in total. The molecular weight excluding hydrogens is 764 g/mol. The van der Waals surface area contributed by atoms with Gasteiger partial charge in [-0.3, -0.25) is 38.6 Å². The standard InChI is InChI=1S/C35H66N12O11/c1-19(2)17-25(32(55)44-23(12-13-27(49)50)31(54)45-24(34(57)58)11-8-16-41-35(39)40)46-30(53)22(10-5-7-15-37)43-28(51)20(3)42-33(56)26(18-48)47-29(52)21(38)9-4-6-14-36/h19-26,48H,4-18,36-38H2,1-3H3,(H,42,56)(H,43,51)(H,44,55)(H,45,54)(H,46,53)(H,47,52)(H,49,50)(H,57,58)(H4,39,40,41)/t20-,21-,22-,23-,24-,25-,26-/m0/s1. The van der Waals surface area contributed by atoms with Crippen LogP contribution in [0.2, 0.25) is 0 Å². The van der Waals surface area contributed by atoms with E-state index in [-0.39, 0.29) is 50.7 Å². The first-order valence-corrected chi connectivity index (χ1v) is 19.4. The van der Waals surface area contributed by atoms with Crippen LogP contribution in [0.5, 0.6) is 0 Å². The monoisotopic (exact) mass is 830 g/mol. The number of hydrogen-bond donors (Lipinski definition) is 14. The molecule has 7 atom stereocenters. The molecule has 332 valence electrons. The maximum atomic E-state index is 13.7. The van der Waals surface area contributed by atoms with Crippen molar-refractivity contribution in [2.75, 3.05) is 26.2 Å². The smallest absolute Gasteiger partial charge is 0.326 e. The molecule has 0 unspecified atom stereocenters. The Morgan fingerprint density at radius 1 is 0.569 bits per heavy atom. The van der Waals surface area contributed by atoms with Gasteiger partial charge in [0.15, 0.2) is 5.96 Å². The number of guanidine groups is 1. The van der Waals surface area contributed by atoms with E-state index >= 15 is 0 Å². The largest absolute Gasteiger partial charge is 0.481 e. The van der Waals surface area contributed by atoms with Crippen molar-refractivity contribution in [3.63, 3.8) is 0 Å². The Kier molecular flexibility index (Phi) is 26.6. The van der Waals surface area contributed by atoms with E-state index in [2.05, 4.69) is 36.9 Å². The van der Waals surface area contributed by atoms with Gasteiger partial charge in [-0.25, -0.2) is 4.79 Å². The lowest BCUT2D eigenvalue weighted by Gasteiger charge is -2.27. The number of rotatable bonds is 31. The molecule has 0 aromatic rings. The van der Waals surface area contributed by atoms with E-state index < -0.39 is 109 Å². The molecular formula is C35H66N12O11. The van der Waals surface area contributed by atoms with Crippen LogP contribution < -0.4 is 60.6 Å². The van der Waals surface area contributed by atoms with E-state index in [0.29, 0.717) is 38.6 Å². The highest BCUT2D eigenvalue weighted by molar-refractivity contribution is 5.97. The van der Waals surface area contributed by atoms with Crippen LogP contribution in [-0.2, 0) is 38.4 Å². The van der Waals surface area contributed by atoms with Crippen LogP contribution in [-0.4, -0.2) is 137 Å². The van der Waals surface area contributed by atoms with E-state index in [4.69, 9.17) is 28.7 Å². The molecule has 23 heteroatoms. The van der Waals surface area contributed by atoms with Gasteiger partial charge in [0.1, 0.15) is 36.3 Å². The predicted molar refractivity (Wildman–Crippen MR) is 212 cm³/mol. The number of nitrogens with zero attached hydrogens (tertiary/aromatic N) is 1. The first kappa shape index (κ1) is 52.9. The van der Waals surface area contributed by atoms with Crippen LogP contribution in [0.15, 0.2) is 4.99 Å². The van der Waals surface area contributed by atoms with Gasteiger partial charge in [0.2, 0.25) is 35.4 Å². The lowest BCUT2D eigenvalue weighted by Crippen LogP contribution is -2.59. The molecule has 6 amide bonds. The molecule has 58 heavy (non-hydrogen) atoms. The molecule has 0 rings (SSSR count). The van der Waals surface area contributed by atoms with Crippen molar-refractivity contribution in [2.24, 2.45) is 39.6 Å². The number of amides is 6. The molecule has 0 aliphatic heterocycles. The van der Waals surface area contributed by atoms with Crippen LogP contribution in [0, 0.1) is 5.92 Å². The quantitative estimate of drug-likeness (QED) is 0.0178. The zero-order chi connectivity index (χ0) is 44.4. The Morgan fingerprint density at radius 2 is 1.03 bits per heavy atom. The highest BCUT2D eigenvalue weighted by Crippen LogP contribution is 2.10. The van der Waals surface area contributed by atoms with Gasteiger partial charge in [-0.05, 0) is 83.7 Å². The van der Waals surface area contributed by atoms with Crippen molar-refractivity contribution >= 4 is 53.3 Å². The molecule has 0 aliphatic carbocycles. The topological polar surface area (TPSA) is 412 Å². The van der Waals surface area contributed by atoms with Gasteiger partial charge in [0.25, 0.3) is 0 Å². The lowest BCUT2D eigenvalue weighted by molar-refractivity contribution is -0.143. The number of aliphatic hydroxyl groups is 1. The second-order valence-electron chi connectivity index (χ2n) is 14.2. The van der Waals surface area contributed by atoms with Crippen LogP contribution in [0.3, 0.4) is 0 Å². The highest BCUT2D eigenvalue weighted by atomic mass is 16.4. The molecule has 0 aromatic heterocycles. The zero-order valence-electron chi connectivity index (χ0n) is 33.7. The number of carboxylic acid groups (broad SMARTS) is 2. The first-order valence-electron chi connectivity index (χ1n) is 19.4. The number of carbonyl (C=O) groups is 8. The molecule has 0 aromatic carbocycles. The minimum atomic E-state index is -1.52. The third-order valence-electron chi connectivity index (χ3n) is 8.63. The Hall–Kier alpha value is -5.13. The SMILES string of the molecule is CC(C)C[C@H](NC(=O)[C@H](CCCCN)NC(=O)[C@H](C)NC(=O)[C@H](CO)NC(=O)[C@@H](N)CCCCN)C(=O)N[C@@H](CCC(=O)O)C(=O)N[C@@H](CCCN=C(N)N)C(=O)O. The van der Waals surface area contributed by atoms with Gasteiger partial charge in [-0.2, -0.15) is 0 Å². The van der Waals surface area contributed by atoms with E-state index in [1.165, 1.54) is 6.92 Å². The van der Waals surface area contributed by atoms with Gasteiger partial charge in [0, 0.05) is 13.0 Å². The van der Waals surface area contributed by atoms with Crippen molar-refractivity contribution < 1.29 is 53.7 Å². The van der Waals surface area contributed by atoms with E-state index in [1.54, 1.807) is 13.8 Å². The summed E-state index contributed by atoms with van der Waals surface area (Å²) in [5.74, 6) is -8.14. The minimum Gasteiger partial charge on any atom is -0.481 e. The Morgan fingerprint density at radius 3 is 1.55 bits per heavy atom. The number of unbranched alkanes of at least 4 members (excludes halogenated alkanes) is 2. The third-order valence-corrected chi connectivity index (χ3v) is 8.63.